The Labute approximate surface area is 101 Å². The Morgan fingerprint density at radius 1 is 1.44 bits per heavy atom. The molecule has 1 aliphatic heterocycles. The van der Waals surface area contributed by atoms with Crippen LogP contribution in [0.3, 0.4) is 0 Å². The van der Waals surface area contributed by atoms with Crippen molar-refractivity contribution in [3.05, 3.63) is 27.7 Å². The van der Waals surface area contributed by atoms with Crippen molar-refractivity contribution < 1.29 is 13.9 Å². The van der Waals surface area contributed by atoms with Crippen molar-refractivity contribution in [2.45, 2.75) is 18.8 Å². The quantitative estimate of drug-likeness (QED) is 0.780. The van der Waals surface area contributed by atoms with Gasteiger partial charge in [-0.25, -0.2) is 8.78 Å². The van der Waals surface area contributed by atoms with Gasteiger partial charge in [0.15, 0.2) is 11.6 Å². The topological polar surface area (TPSA) is 32.3 Å². The molecule has 0 amide bonds. The monoisotopic (exact) mass is 291 g/mol. The van der Waals surface area contributed by atoms with Gasteiger partial charge in [-0.3, -0.25) is 0 Å². The molecule has 1 saturated heterocycles. The highest BCUT2D eigenvalue weighted by atomic mass is 79.9. The van der Waals surface area contributed by atoms with Crippen LogP contribution in [-0.4, -0.2) is 18.2 Å². The summed E-state index contributed by atoms with van der Waals surface area (Å²) in [6, 6.07) is 0.949. The number of nitrogens with one attached hydrogen (secondary N) is 1. The Morgan fingerprint density at radius 3 is 2.81 bits per heavy atom. The van der Waals surface area contributed by atoms with Gasteiger partial charge >= 0.3 is 0 Å². The third-order valence-electron chi connectivity index (χ3n) is 2.89. The maximum atomic E-state index is 13.6. The van der Waals surface area contributed by atoms with Crippen LogP contribution in [0.25, 0.3) is 0 Å². The van der Waals surface area contributed by atoms with Crippen LogP contribution in [0.2, 0.25) is 0 Å². The fourth-order valence-corrected chi connectivity index (χ4v) is 2.49. The van der Waals surface area contributed by atoms with Gasteiger partial charge in [0.2, 0.25) is 0 Å². The van der Waals surface area contributed by atoms with E-state index in [9.17, 15) is 13.9 Å². The molecule has 0 bridgehead atoms. The van der Waals surface area contributed by atoms with E-state index in [0.717, 1.165) is 25.5 Å². The molecule has 1 unspecified atom stereocenters. The fourth-order valence-electron chi connectivity index (χ4n) is 2.08. The molecule has 2 nitrogen and oxygen atoms in total. The van der Waals surface area contributed by atoms with E-state index in [0.29, 0.717) is 6.54 Å². The summed E-state index contributed by atoms with van der Waals surface area (Å²) < 4.78 is 27.1. The van der Waals surface area contributed by atoms with Crippen molar-refractivity contribution in [3.8, 4) is 5.75 Å². The van der Waals surface area contributed by atoms with Crippen LogP contribution in [0.15, 0.2) is 10.5 Å². The zero-order valence-electron chi connectivity index (χ0n) is 8.56. The molecule has 1 fully saturated rings. The second-order valence-corrected chi connectivity index (χ2v) is 4.81. The van der Waals surface area contributed by atoms with Crippen LogP contribution in [0.4, 0.5) is 8.78 Å². The van der Waals surface area contributed by atoms with Crippen molar-refractivity contribution in [3.63, 3.8) is 0 Å². The molecule has 1 aromatic carbocycles. The molecular formula is C11H12BrF2NO. The van der Waals surface area contributed by atoms with Crippen molar-refractivity contribution in [1.82, 2.24) is 5.32 Å². The number of benzene rings is 1. The van der Waals surface area contributed by atoms with E-state index in [4.69, 9.17) is 0 Å². The molecule has 5 heteroatoms. The summed E-state index contributed by atoms with van der Waals surface area (Å²) in [5, 5.41) is 12.9. The molecule has 16 heavy (non-hydrogen) atoms. The van der Waals surface area contributed by atoms with E-state index in [1.54, 1.807) is 0 Å². The molecule has 1 aliphatic rings. The van der Waals surface area contributed by atoms with Crippen LogP contribution in [-0.2, 0) is 0 Å². The van der Waals surface area contributed by atoms with Crippen LogP contribution < -0.4 is 5.32 Å². The van der Waals surface area contributed by atoms with E-state index >= 15 is 0 Å². The van der Waals surface area contributed by atoms with E-state index in [2.05, 4.69) is 21.2 Å². The molecule has 1 atom stereocenters. The number of hydrogen-bond donors (Lipinski definition) is 2. The molecule has 88 valence electrons. The molecular weight excluding hydrogens is 280 g/mol. The molecule has 1 aromatic rings. The highest BCUT2D eigenvalue weighted by Gasteiger charge is 2.25. The third-order valence-corrected chi connectivity index (χ3v) is 3.49. The van der Waals surface area contributed by atoms with Crippen LogP contribution in [0.1, 0.15) is 24.3 Å². The number of piperidine rings is 1. The van der Waals surface area contributed by atoms with Crippen LogP contribution in [0, 0.1) is 11.6 Å². The van der Waals surface area contributed by atoms with Gasteiger partial charge in [0.25, 0.3) is 0 Å². The lowest BCUT2D eigenvalue weighted by atomic mass is 9.90. The summed E-state index contributed by atoms with van der Waals surface area (Å²) >= 11 is 3.02. The molecule has 0 spiro atoms. The van der Waals surface area contributed by atoms with Gasteiger partial charge in [-0.15, -0.1) is 0 Å². The van der Waals surface area contributed by atoms with Gasteiger partial charge in [0.1, 0.15) is 5.75 Å². The summed E-state index contributed by atoms with van der Waals surface area (Å²) in [5.41, 5.74) is 0.0825. The first-order valence-corrected chi connectivity index (χ1v) is 5.97. The Hall–Kier alpha value is -0.680. The summed E-state index contributed by atoms with van der Waals surface area (Å²) in [4.78, 5) is 0. The Bertz CT molecular complexity index is 379. The third kappa shape index (κ3) is 2.06. The van der Waals surface area contributed by atoms with Crippen LogP contribution in [0.5, 0.6) is 5.75 Å². The second kappa shape index (κ2) is 4.67. The maximum Gasteiger partial charge on any atom is 0.166 e. The highest BCUT2D eigenvalue weighted by molar-refractivity contribution is 9.10. The van der Waals surface area contributed by atoms with Gasteiger partial charge in [0.05, 0.1) is 4.47 Å². The first-order chi connectivity index (χ1) is 7.61. The number of halogens is 3. The average Bonchev–Trinajstić information content (AvgIpc) is 2.28. The largest absolute Gasteiger partial charge is 0.506 e. The minimum absolute atomic E-state index is 0.0825. The molecule has 0 radical (unpaired) electrons. The summed E-state index contributed by atoms with van der Waals surface area (Å²) in [5.74, 6) is -2.21. The fraction of sp³-hybridized carbons (Fsp3) is 0.455. The molecule has 0 saturated carbocycles. The lowest BCUT2D eigenvalue weighted by Gasteiger charge is -2.24. The number of phenols is 1. The Balaban J connectivity index is 2.45. The summed E-state index contributed by atoms with van der Waals surface area (Å²) in [7, 11) is 0. The molecule has 0 aliphatic carbocycles. The Kier molecular flexibility index (Phi) is 3.44. The Morgan fingerprint density at radius 2 is 2.19 bits per heavy atom. The van der Waals surface area contributed by atoms with E-state index in [1.165, 1.54) is 0 Å². The second-order valence-electron chi connectivity index (χ2n) is 3.96. The van der Waals surface area contributed by atoms with Crippen molar-refractivity contribution in [2.75, 3.05) is 13.1 Å². The van der Waals surface area contributed by atoms with E-state index < -0.39 is 11.6 Å². The average molecular weight is 292 g/mol. The van der Waals surface area contributed by atoms with Crippen LogP contribution >= 0.6 is 15.9 Å². The zero-order valence-corrected chi connectivity index (χ0v) is 10.2. The van der Waals surface area contributed by atoms with Gasteiger partial charge in [-0.1, -0.05) is 0 Å². The van der Waals surface area contributed by atoms with Gasteiger partial charge in [-0.2, -0.15) is 0 Å². The predicted octanol–water partition coefficient (Wildman–Crippen LogP) is 2.90. The van der Waals surface area contributed by atoms with E-state index in [1.807, 2.05) is 0 Å². The minimum atomic E-state index is -0.936. The molecule has 2 rings (SSSR count). The van der Waals surface area contributed by atoms with E-state index in [-0.39, 0.29) is 21.7 Å². The maximum absolute atomic E-state index is 13.6. The van der Waals surface area contributed by atoms with Crippen molar-refractivity contribution in [2.24, 2.45) is 0 Å². The standard InChI is InChI=1S/C11H12BrF2NO/c12-7-4-8(13)10(14)9(11(7)16)6-2-1-3-15-5-6/h4,6,15-16H,1-3,5H2. The molecule has 2 N–H and O–H groups in total. The summed E-state index contributed by atoms with van der Waals surface area (Å²) in [6.45, 7) is 1.45. The molecule has 0 aromatic heterocycles. The van der Waals surface area contributed by atoms with Crippen molar-refractivity contribution >= 4 is 15.9 Å². The first-order valence-electron chi connectivity index (χ1n) is 5.18. The predicted molar refractivity (Wildman–Crippen MR) is 60.6 cm³/mol. The summed E-state index contributed by atoms with van der Waals surface area (Å²) in [6.07, 6.45) is 1.66. The van der Waals surface area contributed by atoms with Gasteiger partial charge in [0, 0.05) is 18.0 Å². The zero-order chi connectivity index (χ0) is 11.7. The highest BCUT2D eigenvalue weighted by Crippen LogP contribution is 2.38. The smallest absolute Gasteiger partial charge is 0.166 e. The minimum Gasteiger partial charge on any atom is -0.506 e. The van der Waals surface area contributed by atoms with Gasteiger partial charge < -0.3 is 10.4 Å². The number of aromatic hydroxyl groups is 1. The molecule has 1 heterocycles. The number of rotatable bonds is 1. The van der Waals surface area contributed by atoms with Gasteiger partial charge in [-0.05, 0) is 41.4 Å². The first kappa shape index (κ1) is 11.8. The number of phenolic OH excluding ortho intramolecular Hbond substituents is 1. The number of hydrogen-bond acceptors (Lipinski definition) is 2. The SMILES string of the molecule is Oc1c(Br)cc(F)c(F)c1C1CCCNC1. The van der Waals surface area contributed by atoms with Crippen molar-refractivity contribution in [1.29, 1.82) is 0 Å². The normalized spacial score (nSPS) is 21.1. The lowest BCUT2D eigenvalue weighted by Crippen LogP contribution is -2.29. The lowest BCUT2D eigenvalue weighted by molar-refractivity contribution is 0.395.